The van der Waals surface area contributed by atoms with Crippen LogP contribution in [0.2, 0.25) is 0 Å². The van der Waals surface area contributed by atoms with Crippen molar-refractivity contribution in [2.75, 3.05) is 0 Å². The molecule has 0 radical (unpaired) electrons. The molecule has 5 nitrogen and oxygen atoms in total. The molecule has 2 heterocycles. The van der Waals surface area contributed by atoms with Gasteiger partial charge in [0.05, 0.1) is 6.20 Å². The minimum atomic E-state index is -0.175. The van der Waals surface area contributed by atoms with Gasteiger partial charge < -0.3 is 4.98 Å². The van der Waals surface area contributed by atoms with Gasteiger partial charge in [0.25, 0.3) is 5.56 Å². The second-order valence-corrected chi connectivity index (χ2v) is 5.39. The van der Waals surface area contributed by atoms with Gasteiger partial charge in [-0.3, -0.25) is 4.79 Å². The van der Waals surface area contributed by atoms with Crippen molar-refractivity contribution < 1.29 is 0 Å². The van der Waals surface area contributed by atoms with E-state index in [1.807, 2.05) is 61.5 Å². The highest BCUT2D eigenvalue weighted by molar-refractivity contribution is 5.84. The van der Waals surface area contributed by atoms with E-state index in [-0.39, 0.29) is 5.56 Å². The van der Waals surface area contributed by atoms with E-state index >= 15 is 0 Å². The van der Waals surface area contributed by atoms with Crippen molar-refractivity contribution in [1.82, 2.24) is 20.0 Å². The molecule has 0 aliphatic rings. The molecule has 2 aromatic carbocycles. The second-order valence-electron chi connectivity index (χ2n) is 5.39. The number of rotatable bonds is 2. The molecular formula is C18H14N4O. The molecule has 2 aromatic heterocycles. The van der Waals surface area contributed by atoms with Crippen LogP contribution in [0.15, 0.2) is 65.6 Å². The van der Waals surface area contributed by atoms with Gasteiger partial charge in [0.15, 0.2) is 0 Å². The van der Waals surface area contributed by atoms with Crippen molar-refractivity contribution in [1.29, 1.82) is 0 Å². The van der Waals surface area contributed by atoms with E-state index < -0.39 is 0 Å². The average Bonchev–Trinajstić information content (AvgIpc) is 3.05. The van der Waals surface area contributed by atoms with Gasteiger partial charge in [-0.15, -0.1) is 5.10 Å². The van der Waals surface area contributed by atoms with Gasteiger partial charge in [-0.2, -0.15) is 0 Å². The van der Waals surface area contributed by atoms with E-state index in [0.717, 1.165) is 27.7 Å². The number of aryl methyl sites for hydroxylation is 1. The fourth-order valence-electron chi connectivity index (χ4n) is 2.79. The number of aromatic amines is 1. The van der Waals surface area contributed by atoms with Gasteiger partial charge >= 0.3 is 0 Å². The first-order chi connectivity index (χ1) is 11.2. The first-order valence-electron chi connectivity index (χ1n) is 7.34. The average molecular weight is 302 g/mol. The number of aromatic nitrogens is 4. The molecule has 0 aliphatic heterocycles. The summed E-state index contributed by atoms with van der Waals surface area (Å²) in [5, 5.41) is 9.32. The van der Waals surface area contributed by atoms with Crippen LogP contribution in [0.3, 0.4) is 0 Å². The predicted octanol–water partition coefficient (Wildman–Crippen LogP) is 3.08. The number of H-pyrrole nitrogens is 1. The summed E-state index contributed by atoms with van der Waals surface area (Å²) in [7, 11) is 0. The number of fused-ring (bicyclic) bond motifs is 1. The summed E-state index contributed by atoms with van der Waals surface area (Å²) in [5.41, 5.74) is 3.73. The molecule has 0 spiro atoms. The van der Waals surface area contributed by atoms with Crippen LogP contribution in [-0.4, -0.2) is 20.0 Å². The molecule has 0 atom stereocenters. The van der Waals surface area contributed by atoms with Crippen LogP contribution in [0, 0.1) is 6.92 Å². The summed E-state index contributed by atoms with van der Waals surface area (Å²) in [6.07, 6.45) is 1.78. The fourth-order valence-corrected chi connectivity index (χ4v) is 2.79. The molecule has 5 heteroatoms. The van der Waals surface area contributed by atoms with Crippen LogP contribution in [0.25, 0.3) is 27.8 Å². The number of pyridine rings is 1. The quantitative estimate of drug-likeness (QED) is 0.619. The summed E-state index contributed by atoms with van der Waals surface area (Å²) in [6, 6.07) is 17.5. The minimum Gasteiger partial charge on any atom is -0.320 e. The van der Waals surface area contributed by atoms with Crippen LogP contribution < -0.4 is 5.56 Å². The highest BCUT2D eigenvalue weighted by atomic mass is 16.1. The predicted molar refractivity (Wildman–Crippen MR) is 89.7 cm³/mol. The van der Waals surface area contributed by atoms with E-state index in [4.69, 9.17) is 0 Å². The van der Waals surface area contributed by atoms with Gasteiger partial charge in [-0.1, -0.05) is 53.7 Å². The second kappa shape index (κ2) is 5.21. The number of nitrogens with one attached hydrogen (secondary N) is 1. The summed E-state index contributed by atoms with van der Waals surface area (Å²) in [5.74, 6) is 0. The molecule has 0 fully saturated rings. The Morgan fingerprint density at radius 3 is 2.57 bits per heavy atom. The molecule has 0 aliphatic carbocycles. The van der Waals surface area contributed by atoms with E-state index in [0.29, 0.717) is 5.69 Å². The topological polar surface area (TPSA) is 63.6 Å². The lowest BCUT2D eigenvalue weighted by Gasteiger charge is -2.07. The molecule has 1 N–H and O–H groups in total. The van der Waals surface area contributed by atoms with Crippen molar-refractivity contribution >= 4 is 10.9 Å². The molecule has 0 saturated carbocycles. The van der Waals surface area contributed by atoms with Crippen LogP contribution >= 0.6 is 0 Å². The van der Waals surface area contributed by atoms with Crippen molar-refractivity contribution in [2.24, 2.45) is 0 Å². The molecule has 0 saturated heterocycles. The molecule has 23 heavy (non-hydrogen) atoms. The number of nitrogens with zero attached hydrogens (tertiary/aromatic N) is 3. The summed E-state index contributed by atoms with van der Waals surface area (Å²) in [4.78, 5) is 15.4. The molecule has 112 valence electrons. The Morgan fingerprint density at radius 2 is 1.74 bits per heavy atom. The molecule has 0 amide bonds. The Bertz CT molecular complexity index is 1050. The number of benzene rings is 2. The zero-order valence-electron chi connectivity index (χ0n) is 12.5. The van der Waals surface area contributed by atoms with Crippen molar-refractivity contribution in [2.45, 2.75) is 6.92 Å². The van der Waals surface area contributed by atoms with Gasteiger partial charge in [0.1, 0.15) is 11.4 Å². The Hall–Kier alpha value is -3.21. The first-order valence-corrected chi connectivity index (χ1v) is 7.34. The maximum atomic E-state index is 12.5. The SMILES string of the molecule is Cc1c(-n2cc(-c3ccccc3)nn2)c(=O)[nH]c2ccccc12. The Labute approximate surface area is 132 Å². The monoisotopic (exact) mass is 302 g/mol. The van der Waals surface area contributed by atoms with Crippen LogP contribution in [0.4, 0.5) is 0 Å². The molecular weight excluding hydrogens is 288 g/mol. The largest absolute Gasteiger partial charge is 0.320 e. The Balaban J connectivity index is 1.90. The lowest BCUT2D eigenvalue weighted by Crippen LogP contribution is -2.17. The van der Waals surface area contributed by atoms with Crippen molar-refractivity contribution in [3.05, 3.63) is 76.7 Å². The molecule has 0 unspecified atom stereocenters. The summed E-state index contributed by atoms with van der Waals surface area (Å²) in [6.45, 7) is 1.93. The summed E-state index contributed by atoms with van der Waals surface area (Å²) < 4.78 is 1.54. The third-order valence-electron chi connectivity index (χ3n) is 3.94. The van der Waals surface area contributed by atoms with Crippen LogP contribution in [-0.2, 0) is 0 Å². The Morgan fingerprint density at radius 1 is 1.00 bits per heavy atom. The zero-order valence-corrected chi connectivity index (χ0v) is 12.5. The lowest BCUT2D eigenvalue weighted by atomic mass is 10.1. The van der Waals surface area contributed by atoms with Gasteiger partial charge in [-0.25, -0.2) is 4.68 Å². The van der Waals surface area contributed by atoms with Crippen molar-refractivity contribution in [3.63, 3.8) is 0 Å². The van der Waals surface area contributed by atoms with E-state index in [2.05, 4.69) is 15.3 Å². The van der Waals surface area contributed by atoms with E-state index in [1.54, 1.807) is 10.9 Å². The van der Waals surface area contributed by atoms with Gasteiger partial charge in [0, 0.05) is 16.5 Å². The third kappa shape index (κ3) is 2.23. The third-order valence-corrected chi connectivity index (χ3v) is 3.94. The smallest absolute Gasteiger partial charge is 0.274 e. The molecule has 0 bridgehead atoms. The van der Waals surface area contributed by atoms with Crippen LogP contribution in [0.5, 0.6) is 0 Å². The maximum absolute atomic E-state index is 12.5. The number of hydrogen-bond donors (Lipinski definition) is 1. The molecule has 4 rings (SSSR count). The van der Waals surface area contributed by atoms with Crippen LogP contribution in [0.1, 0.15) is 5.56 Å². The van der Waals surface area contributed by atoms with Gasteiger partial charge in [-0.05, 0) is 18.6 Å². The lowest BCUT2D eigenvalue weighted by molar-refractivity contribution is 0.790. The zero-order chi connectivity index (χ0) is 15.8. The number of para-hydroxylation sites is 1. The Kier molecular flexibility index (Phi) is 3.05. The fraction of sp³-hybridized carbons (Fsp3) is 0.0556. The number of hydrogen-bond acceptors (Lipinski definition) is 3. The standard InChI is InChI=1S/C18H14N4O/c1-12-14-9-5-6-10-15(14)19-18(23)17(12)22-11-16(20-21-22)13-7-3-2-4-8-13/h2-11H,1H3,(H,19,23). The maximum Gasteiger partial charge on any atom is 0.274 e. The highest BCUT2D eigenvalue weighted by Crippen LogP contribution is 2.21. The van der Waals surface area contributed by atoms with E-state index in [9.17, 15) is 4.79 Å². The molecule has 4 aromatic rings. The first kappa shape index (κ1) is 13.5. The highest BCUT2D eigenvalue weighted by Gasteiger charge is 2.13. The normalized spacial score (nSPS) is 11.0. The minimum absolute atomic E-state index is 0.175. The van der Waals surface area contributed by atoms with Crippen molar-refractivity contribution in [3.8, 4) is 16.9 Å². The van der Waals surface area contributed by atoms with E-state index in [1.165, 1.54) is 0 Å². The van der Waals surface area contributed by atoms with Gasteiger partial charge in [0.2, 0.25) is 0 Å². The summed E-state index contributed by atoms with van der Waals surface area (Å²) >= 11 is 0.